The minimum atomic E-state index is -3.91. The maximum Gasteiger partial charge on any atom is 0.243 e. The van der Waals surface area contributed by atoms with Gasteiger partial charge in [-0.1, -0.05) is 11.6 Å². The molecule has 0 aliphatic carbocycles. The first-order valence-electron chi connectivity index (χ1n) is 8.07. The van der Waals surface area contributed by atoms with Crippen LogP contribution in [0.15, 0.2) is 47.4 Å². The van der Waals surface area contributed by atoms with Crippen LogP contribution in [0, 0.1) is 5.82 Å². The van der Waals surface area contributed by atoms with Gasteiger partial charge >= 0.3 is 0 Å². The number of halogens is 2. The van der Waals surface area contributed by atoms with E-state index in [1.54, 1.807) is 12.1 Å². The van der Waals surface area contributed by atoms with Crippen molar-refractivity contribution < 1.29 is 22.3 Å². The number of ether oxygens (including phenoxy) is 1. The number of anilines is 1. The normalized spacial score (nSPS) is 11.7. The highest BCUT2D eigenvalue weighted by molar-refractivity contribution is 7.89. The van der Waals surface area contributed by atoms with Crippen LogP contribution in [0.5, 0.6) is 5.75 Å². The fourth-order valence-corrected chi connectivity index (χ4v) is 3.55. The second-order valence-corrected chi connectivity index (χ2v) is 8.53. The van der Waals surface area contributed by atoms with E-state index in [1.807, 2.05) is 13.8 Å². The molecule has 0 aliphatic rings. The molecule has 2 aromatic carbocycles. The predicted octanol–water partition coefficient (Wildman–Crippen LogP) is 3.53. The Balaban J connectivity index is 2.04. The van der Waals surface area contributed by atoms with E-state index in [4.69, 9.17) is 16.3 Å². The lowest BCUT2D eigenvalue weighted by molar-refractivity contribution is -0.116. The smallest absolute Gasteiger partial charge is 0.243 e. The number of rotatable bonds is 7. The first-order chi connectivity index (χ1) is 12.6. The van der Waals surface area contributed by atoms with Crippen LogP contribution in [0.1, 0.15) is 13.8 Å². The number of sulfonamides is 1. The quantitative estimate of drug-likeness (QED) is 0.752. The molecule has 0 aromatic heterocycles. The zero-order valence-electron chi connectivity index (χ0n) is 15.1. The second kappa shape index (κ2) is 8.69. The molecule has 0 bridgehead atoms. The van der Waals surface area contributed by atoms with Gasteiger partial charge in [0, 0.05) is 12.7 Å². The highest BCUT2D eigenvalue weighted by Crippen LogP contribution is 2.28. The number of carbonyl (C=O) groups is 1. The summed E-state index contributed by atoms with van der Waals surface area (Å²) < 4.78 is 44.2. The summed E-state index contributed by atoms with van der Waals surface area (Å²) in [6, 6.07) is 9.13. The van der Waals surface area contributed by atoms with Crippen molar-refractivity contribution >= 4 is 33.2 Å². The maximum absolute atomic E-state index is 13.0. The summed E-state index contributed by atoms with van der Waals surface area (Å²) >= 11 is 6.11. The number of benzene rings is 2. The topological polar surface area (TPSA) is 75.7 Å². The van der Waals surface area contributed by atoms with Crippen molar-refractivity contribution in [1.82, 2.24) is 4.31 Å². The molecule has 0 unspecified atom stereocenters. The molecule has 0 radical (unpaired) electrons. The summed E-state index contributed by atoms with van der Waals surface area (Å²) in [4.78, 5) is 12.1. The molecule has 0 aliphatic heterocycles. The standard InChI is InChI=1S/C18H20ClFN2O4S/c1-12(2)26-17-9-6-14(10-16(17)19)21-18(23)11-22(3)27(24,25)15-7-4-13(20)5-8-15/h4-10,12H,11H2,1-3H3,(H,21,23). The number of carbonyl (C=O) groups excluding carboxylic acids is 1. The van der Waals surface area contributed by atoms with Crippen molar-refractivity contribution in [2.75, 3.05) is 18.9 Å². The first-order valence-corrected chi connectivity index (χ1v) is 9.89. The predicted molar refractivity (Wildman–Crippen MR) is 102 cm³/mol. The molecule has 2 aromatic rings. The van der Waals surface area contributed by atoms with Gasteiger partial charge in [-0.05, 0) is 56.3 Å². The van der Waals surface area contributed by atoms with Crippen LogP contribution < -0.4 is 10.1 Å². The SMILES string of the molecule is CC(C)Oc1ccc(NC(=O)CN(C)S(=O)(=O)c2ccc(F)cc2)cc1Cl. The van der Waals surface area contributed by atoms with Crippen LogP contribution >= 0.6 is 11.6 Å². The summed E-state index contributed by atoms with van der Waals surface area (Å²) in [6.45, 7) is 3.31. The molecule has 146 valence electrons. The average Bonchev–Trinajstić information content (AvgIpc) is 2.57. The minimum absolute atomic E-state index is 0.0479. The van der Waals surface area contributed by atoms with Crippen LogP contribution in [0.3, 0.4) is 0 Å². The third-order valence-corrected chi connectivity index (χ3v) is 5.58. The Morgan fingerprint density at radius 2 is 1.85 bits per heavy atom. The molecule has 1 amide bonds. The summed E-state index contributed by atoms with van der Waals surface area (Å²) in [5.41, 5.74) is 0.411. The van der Waals surface area contributed by atoms with E-state index in [-0.39, 0.29) is 11.0 Å². The van der Waals surface area contributed by atoms with Gasteiger partial charge in [0.2, 0.25) is 15.9 Å². The molecule has 0 spiro atoms. The minimum Gasteiger partial charge on any atom is -0.489 e. The van der Waals surface area contributed by atoms with Crippen LogP contribution in [-0.4, -0.2) is 38.3 Å². The van der Waals surface area contributed by atoms with Gasteiger partial charge in [0.05, 0.1) is 22.6 Å². The Morgan fingerprint density at radius 1 is 1.22 bits per heavy atom. The molecule has 1 N–H and O–H groups in total. The molecule has 0 fully saturated rings. The van der Waals surface area contributed by atoms with Crippen LogP contribution in [0.25, 0.3) is 0 Å². The maximum atomic E-state index is 13.0. The number of amides is 1. The van der Waals surface area contributed by atoms with E-state index in [0.717, 1.165) is 28.6 Å². The zero-order valence-corrected chi connectivity index (χ0v) is 16.6. The molecular weight excluding hydrogens is 395 g/mol. The van der Waals surface area contributed by atoms with Gasteiger partial charge in [-0.25, -0.2) is 12.8 Å². The second-order valence-electron chi connectivity index (χ2n) is 6.07. The summed E-state index contributed by atoms with van der Waals surface area (Å²) in [5.74, 6) is -0.603. The molecule has 0 saturated carbocycles. The van der Waals surface area contributed by atoms with Crippen molar-refractivity contribution in [2.24, 2.45) is 0 Å². The van der Waals surface area contributed by atoms with Crippen molar-refractivity contribution in [3.05, 3.63) is 53.3 Å². The van der Waals surface area contributed by atoms with Crippen molar-refractivity contribution in [3.8, 4) is 5.75 Å². The Morgan fingerprint density at radius 3 is 2.41 bits per heavy atom. The largest absolute Gasteiger partial charge is 0.489 e. The number of hydrogen-bond donors (Lipinski definition) is 1. The highest BCUT2D eigenvalue weighted by Gasteiger charge is 2.23. The summed E-state index contributed by atoms with van der Waals surface area (Å²) in [6.07, 6.45) is -0.0479. The fourth-order valence-electron chi connectivity index (χ4n) is 2.20. The van der Waals surface area contributed by atoms with E-state index in [1.165, 1.54) is 13.1 Å². The van der Waals surface area contributed by atoms with Crippen LogP contribution in [0.4, 0.5) is 10.1 Å². The van der Waals surface area contributed by atoms with Gasteiger partial charge in [-0.3, -0.25) is 4.79 Å². The zero-order chi connectivity index (χ0) is 20.2. The first kappa shape index (κ1) is 21.1. The third-order valence-electron chi connectivity index (χ3n) is 3.47. The van der Waals surface area contributed by atoms with E-state index in [9.17, 15) is 17.6 Å². The molecule has 0 heterocycles. The van der Waals surface area contributed by atoms with Gasteiger partial charge in [-0.15, -0.1) is 0 Å². The van der Waals surface area contributed by atoms with Crippen molar-refractivity contribution in [3.63, 3.8) is 0 Å². The molecule has 27 heavy (non-hydrogen) atoms. The Kier molecular flexibility index (Phi) is 6.80. The molecule has 0 saturated heterocycles. The van der Waals surface area contributed by atoms with E-state index in [0.29, 0.717) is 16.5 Å². The fraction of sp³-hybridized carbons (Fsp3) is 0.278. The molecular formula is C18H20ClFN2O4S. The molecule has 6 nitrogen and oxygen atoms in total. The molecule has 9 heteroatoms. The van der Waals surface area contributed by atoms with Gasteiger partial charge < -0.3 is 10.1 Å². The van der Waals surface area contributed by atoms with E-state index < -0.39 is 28.3 Å². The van der Waals surface area contributed by atoms with Gasteiger partial charge in [0.1, 0.15) is 11.6 Å². The number of nitrogens with zero attached hydrogens (tertiary/aromatic N) is 1. The molecule has 2 rings (SSSR count). The lowest BCUT2D eigenvalue weighted by atomic mass is 10.3. The van der Waals surface area contributed by atoms with Crippen molar-refractivity contribution in [1.29, 1.82) is 0 Å². The Hall–Kier alpha value is -2.16. The third kappa shape index (κ3) is 5.66. The lowest BCUT2D eigenvalue weighted by Crippen LogP contribution is -2.34. The van der Waals surface area contributed by atoms with Gasteiger partial charge in [0.15, 0.2) is 0 Å². The lowest BCUT2D eigenvalue weighted by Gasteiger charge is -2.17. The summed E-state index contributed by atoms with van der Waals surface area (Å²) in [5, 5.41) is 2.91. The van der Waals surface area contributed by atoms with Crippen molar-refractivity contribution in [2.45, 2.75) is 24.8 Å². The number of nitrogens with one attached hydrogen (secondary N) is 1. The molecule has 0 atom stereocenters. The van der Waals surface area contributed by atoms with E-state index >= 15 is 0 Å². The van der Waals surface area contributed by atoms with Gasteiger partial charge in [-0.2, -0.15) is 4.31 Å². The number of likely N-dealkylation sites (N-methyl/N-ethyl adjacent to an activating group) is 1. The van der Waals surface area contributed by atoms with Gasteiger partial charge in [0.25, 0.3) is 0 Å². The Labute approximate surface area is 162 Å². The van der Waals surface area contributed by atoms with Crippen LogP contribution in [-0.2, 0) is 14.8 Å². The number of hydrogen-bond acceptors (Lipinski definition) is 4. The average molecular weight is 415 g/mol. The monoisotopic (exact) mass is 414 g/mol. The Bertz CT molecular complexity index is 917. The van der Waals surface area contributed by atoms with Crippen LogP contribution in [0.2, 0.25) is 5.02 Å². The highest BCUT2D eigenvalue weighted by atomic mass is 35.5. The van der Waals surface area contributed by atoms with E-state index in [2.05, 4.69) is 5.32 Å². The summed E-state index contributed by atoms with van der Waals surface area (Å²) in [7, 11) is -2.64.